The van der Waals surface area contributed by atoms with Crippen LogP contribution in [-0.2, 0) is 25.7 Å². The summed E-state index contributed by atoms with van der Waals surface area (Å²) in [6.07, 6.45) is 1.59. The molecule has 2 atom stereocenters. The fraction of sp³-hybridized carbons (Fsp3) is 0.421. The first-order chi connectivity index (χ1) is 11.9. The fourth-order valence-corrected chi connectivity index (χ4v) is 2.79. The summed E-state index contributed by atoms with van der Waals surface area (Å²) in [4.78, 5) is 38.1. The second-order valence-corrected chi connectivity index (χ2v) is 6.23. The van der Waals surface area contributed by atoms with Crippen molar-refractivity contribution in [3.8, 4) is 0 Å². The molecule has 0 N–H and O–H groups in total. The Morgan fingerprint density at radius 2 is 1.92 bits per heavy atom. The largest absolute Gasteiger partial charge is 0.467 e. The highest BCUT2D eigenvalue weighted by Crippen LogP contribution is 2.27. The van der Waals surface area contributed by atoms with Crippen LogP contribution < -0.4 is 0 Å². The molecule has 6 heteroatoms. The Balaban J connectivity index is 2.11. The zero-order valence-corrected chi connectivity index (χ0v) is 14.7. The normalized spacial score (nSPS) is 19.5. The quantitative estimate of drug-likeness (QED) is 0.606. The number of methoxy groups -OCH3 is 1. The average molecular weight is 345 g/mol. The van der Waals surface area contributed by atoms with Gasteiger partial charge in [0.25, 0.3) is 0 Å². The molecule has 1 aromatic carbocycles. The minimum atomic E-state index is -0.948. The third-order valence-corrected chi connectivity index (χ3v) is 4.12. The van der Waals surface area contributed by atoms with Crippen molar-refractivity contribution >= 4 is 17.8 Å². The number of rotatable bonds is 5. The molecule has 134 valence electrons. The standard InChI is InChI=1S/C19H23NO5/c1-13(2)9-10-15-16(21)11-20(17(15)18(22)24-3)19(23)25-12-14-7-5-4-6-8-14/h4-9,15,17H,10-12H2,1-3H3/t15?,17-/m0/s1. The maximum Gasteiger partial charge on any atom is 0.411 e. The Kier molecular flexibility index (Phi) is 6.33. The maximum atomic E-state index is 12.4. The molecule has 2 rings (SSSR count). The molecule has 6 nitrogen and oxygen atoms in total. The molecule has 0 aromatic heterocycles. The van der Waals surface area contributed by atoms with E-state index >= 15 is 0 Å². The van der Waals surface area contributed by atoms with E-state index in [4.69, 9.17) is 9.47 Å². The molecule has 1 aromatic rings. The van der Waals surface area contributed by atoms with Crippen LogP contribution in [0.5, 0.6) is 0 Å². The van der Waals surface area contributed by atoms with E-state index in [0.29, 0.717) is 6.42 Å². The lowest BCUT2D eigenvalue weighted by Gasteiger charge is -2.24. The van der Waals surface area contributed by atoms with Gasteiger partial charge in [-0.3, -0.25) is 9.69 Å². The summed E-state index contributed by atoms with van der Waals surface area (Å²) in [7, 11) is 1.25. The molecule has 0 saturated carbocycles. The van der Waals surface area contributed by atoms with Crippen molar-refractivity contribution in [3.05, 3.63) is 47.5 Å². The summed E-state index contributed by atoms with van der Waals surface area (Å²) in [6.45, 7) is 3.77. The third kappa shape index (κ3) is 4.68. The van der Waals surface area contributed by atoms with Gasteiger partial charge >= 0.3 is 12.1 Å². The van der Waals surface area contributed by atoms with Crippen LogP contribution in [0.4, 0.5) is 4.79 Å². The number of carbonyl (C=O) groups is 3. The number of amides is 1. The van der Waals surface area contributed by atoms with Crippen molar-refractivity contribution in [2.75, 3.05) is 13.7 Å². The predicted octanol–water partition coefficient (Wildman–Crippen LogP) is 2.72. The summed E-state index contributed by atoms with van der Waals surface area (Å²) in [5.74, 6) is -1.37. The van der Waals surface area contributed by atoms with E-state index in [9.17, 15) is 14.4 Å². The van der Waals surface area contributed by atoms with Crippen LogP contribution in [0.15, 0.2) is 42.0 Å². The molecule has 0 radical (unpaired) electrons. The second kappa shape index (κ2) is 8.46. The molecule has 1 unspecified atom stereocenters. The van der Waals surface area contributed by atoms with E-state index in [1.807, 2.05) is 50.3 Å². The molecule has 1 heterocycles. The van der Waals surface area contributed by atoms with Gasteiger partial charge in [0, 0.05) is 0 Å². The number of hydrogen-bond acceptors (Lipinski definition) is 5. The summed E-state index contributed by atoms with van der Waals surface area (Å²) >= 11 is 0. The fourth-order valence-electron chi connectivity index (χ4n) is 2.79. The number of likely N-dealkylation sites (tertiary alicyclic amines) is 1. The van der Waals surface area contributed by atoms with Gasteiger partial charge in [-0.2, -0.15) is 0 Å². The van der Waals surface area contributed by atoms with Crippen LogP contribution >= 0.6 is 0 Å². The number of carbonyl (C=O) groups excluding carboxylic acids is 3. The summed E-state index contributed by atoms with van der Waals surface area (Å²) in [6, 6.07) is 8.27. The minimum Gasteiger partial charge on any atom is -0.467 e. The number of allylic oxidation sites excluding steroid dienone is 2. The van der Waals surface area contributed by atoms with E-state index in [2.05, 4.69) is 0 Å². The molecular weight excluding hydrogens is 322 g/mol. The number of benzene rings is 1. The molecule has 1 aliphatic rings. The van der Waals surface area contributed by atoms with Crippen LogP contribution in [0.3, 0.4) is 0 Å². The first-order valence-corrected chi connectivity index (χ1v) is 8.15. The van der Waals surface area contributed by atoms with Gasteiger partial charge in [0.2, 0.25) is 0 Å². The van der Waals surface area contributed by atoms with Gasteiger partial charge in [0.15, 0.2) is 5.78 Å². The number of ether oxygens (including phenoxy) is 2. The first kappa shape index (κ1) is 18.7. The van der Waals surface area contributed by atoms with Gasteiger partial charge in [-0.25, -0.2) is 9.59 Å². The smallest absolute Gasteiger partial charge is 0.411 e. The highest BCUT2D eigenvalue weighted by Gasteiger charge is 2.48. The Morgan fingerprint density at radius 1 is 1.24 bits per heavy atom. The number of nitrogens with zero attached hydrogens (tertiary/aromatic N) is 1. The van der Waals surface area contributed by atoms with Crippen LogP contribution in [0.1, 0.15) is 25.8 Å². The van der Waals surface area contributed by atoms with E-state index < -0.39 is 24.0 Å². The Bertz CT molecular complexity index is 664. The Hall–Kier alpha value is -2.63. The average Bonchev–Trinajstić information content (AvgIpc) is 2.94. The molecule has 1 amide bonds. The van der Waals surface area contributed by atoms with Gasteiger partial charge in [-0.05, 0) is 25.8 Å². The lowest BCUT2D eigenvalue weighted by Crippen LogP contribution is -2.44. The second-order valence-electron chi connectivity index (χ2n) is 6.23. The molecule has 1 fully saturated rings. The molecule has 0 bridgehead atoms. The maximum absolute atomic E-state index is 12.4. The van der Waals surface area contributed by atoms with Crippen molar-refractivity contribution in [2.45, 2.75) is 32.9 Å². The van der Waals surface area contributed by atoms with Crippen molar-refractivity contribution in [2.24, 2.45) is 5.92 Å². The van der Waals surface area contributed by atoms with Gasteiger partial charge < -0.3 is 9.47 Å². The molecule has 0 spiro atoms. The lowest BCUT2D eigenvalue weighted by atomic mass is 9.94. The van der Waals surface area contributed by atoms with Crippen LogP contribution in [0.2, 0.25) is 0 Å². The molecule has 1 saturated heterocycles. The Morgan fingerprint density at radius 3 is 2.52 bits per heavy atom. The molecule has 0 aliphatic carbocycles. The summed E-state index contributed by atoms with van der Waals surface area (Å²) in [5.41, 5.74) is 1.87. The highest BCUT2D eigenvalue weighted by molar-refractivity contribution is 5.97. The molecular formula is C19H23NO5. The number of ketones is 1. The number of Topliss-reactive ketones (excluding diaryl/α,β-unsaturated/α-hetero) is 1. The summed E-state index contributed by atoms with van der Waals surface area (Å²) in [5, 5.41) is 0. The topological polar surface area (TPSA) is 72.9 Å². The van der Waals surface area contributed by atoms with Crippen LogP contribution in [0, 0.1) is 5.92 Å². The lowest BCUT2D eigenvalue weighted by molar-refractivity contribution is -0.147. The predicted molar refractivity (Wildman–Crippen MR) is 91.7 cm³/mol. The van der Waals surface area contributed by atoms with Crippen molar-refractivity contribution in [1.29, 1.82) is 0 Å². The zero-order chi connectivity index (χ0) is 18.4. The van der Waals surface area contributed by atoms with Gasteiger partial charge in [-0.1, -0.05) is 42.0 Å². The van der Waals surface area contributed by atoms with Crippen LogP contribution in [-0.4, -0.2) is 42.4 Å². The van der Waals surface area contributed by atoms with Crippen molar-refractivity contribution in [3.63, 3.8) is 0 Å². The van der Waals surface area contributed by atoms with Crippen molar-refractivity contribution < 1.29 is 23.9 Å². The van der Waals surface area contributed by atoms with Crippen LogP contribution in [0.25, 0.3) is 0 Å². The van der Waals surface area contributed by atoms with Crippen molar-refractivity contribution in [1.82, 2.24) is 4.90 Å². The number of esters is 1. The third-order valence-electron chi connectivity index (χ3n) is 4.12. The molecule has 25 heavy (non-hydrogen) atoms. The Labute approximate surface area is 147 Å². The van der Waals surface area contributed by atoms with E-state index in [-0.39, 0.29) is 18.9 Å². The van der Waals surface area contributed by atoms with Gasteiger partial charge in [-0.15, -0.1) is 0 Å². The molecule has 1 aliphatic heterocycles. The highest BCUT2D eigenvalue weighted by atomic mass is 16.6. The van der Waals surface area contributed by atoms with E-state index in [1.54, 1.807) is 0 Å². The monoisotopic (exact) mass is 345 g/mol. The summed E-state index contributed by atoms with van der Waals surface area (Å²) < 4.78 is 10.1. The first-order valence-electron chi connectivity index (χ1n) is 8.15. The van der Waals surface area contributed by atoms with E-state index in [1.165, 1.54) is 12.0 Å². The van der Waals surface area contributed by atoms with Gasteiger partial charge in [0.05, 0.1) is 19.6 Å². The van der Waals surface area contributed by atoms with Gasteiger partial charge in [0.1, 0.15) is 12.6 Å². The van der Waals surface area contributed by atoms with E-state index in [0.717, 1.165) is 11.1 Å². The number of hydrogen-bond donors (Lipinski definition) is 0. The minimum absolute atomic E-state index is 0.0803. The SMILES string of the molecule is COC(=O)[C@@H]1C(CC=C(C)C)C(=O)CN1C(=O)OCc1ccccc1. The zero-order valence-electron chi connectivity index (χ0n) is 14.7.